The van der Waals surface area contributed by atoms with Gasteiger partial charge in [-0.1, -0.05) is 0 Å². The fourth-order valence-corrected chi connectivity index (χ4v) is 3.23. The second-order valence-corrected chi connectivity index (χ2v) is 6.51. The Morgan fingerprint density at radius 3 is 2.75 bits per heavy atom. The Balaban J connectivity index is 1.50. The van der Waals surface area contributed by atoms with E-state index < -0.39 is 0 Å². The zero-order valence-electron chi connectivity index (χ0n) is 13.4. The minimum absolute atomic E-state index is 0.419. The van der Waals surface area contributed by atoms with Crippen molar-refractivity contribution in [2.45, 2.75) is 25.8 Å². The molecule has 3 aromatic heterocycles. The molecule has 1 atom stereocenters. The predicted molar refractivity (Wildman–Crippen MR) is 91.9 cm³/mol. The normalized spacial score (nSPS) is 15.9. The Bertz CT molecular complexity index is 973. The molecule has 4 aromatic rings. The van der Waals surface area contributed by atoms with E-state index in [1.807, 2.05) is 17.0 Å². The second kappa shape index (κ2) is 5.06. The number of aromatic nitrogens is 6. The first-order valence-corrected chi connectivity index (χ1v) is 8.31. The molecular formula is C18H18N6. The molecule has 1 aliphatic carbocycles. The van der Waals surface area contributed by atoms with E-state index in [9.17, 15) is 0 Å². The Kier molecular flexibility index (Phi) is 2.85. The highest BCUT2D eigenvalue weighted by Gasteiger charge is 2.31. The summed E-state index contributed by atoms with van der Waals surface area (Å²) in [6.07, 6.45) is 9.99. The van der Waals surface area contributed by atoms with Crippen molar-refractivity contribution < 1.29 is 0 Å². The van der Waals surface area contributed by atoms with E-state index in [2.05, 4.69) is 50.9 Å². The molecule has 6 heteroatoms. The largest absolute Gasteiger partial charge is 0.335 e. The molecule has 0 spiro atoms. The van der Waals surface area contributed by atoms with Crippen molar-refractivity contribution in [3.05, 3.63) is 49.2 Å². The average Bonchev–Trinajstić information content (AvgIpc) is 3.00. The van der Waals surface area contributed by atoms with Gasteiger partial charge in [0.25, 0.3) is 0 Å². The number of hydrogen-bond acceptors (Lipinski definition) is 3. The predicted octanol–water partition coefficient (Wildman–Crippen LogP) is 3.58. The van der Waals surface area contributed by atoms with E-state index in [1.54, 1.807) is 12.5 Å². The first-order valence-electron chi connectivity index (χ1n) is 8.31. The van der Waals surface area contributed by atoms with Crippen molar-refractivity contribution in [1.82, 2.24) is 29.3 Å². The van der Waals surface area contributed by atoms with Gasteiger partial charge in [-0.05, 0) is 49.9 Å². The molecule has 0 amide bonds. The number of rotatable bonds is 4. The van der Waals surface area contributed by atoms with Gasteiger partial charge in [0.2, 0.25) is 0 Å². The van der Waals surface area contributed by atoms with Crippen LogP contribution in [-0.4, -0.2) is 29.3 Å². The Morgan fingerprint density at radius 1 is 1.21 bits per heavy atom. The smallest absolute Gasteiger partial charge is 0.177 e. The van der Waals surface area contributed by atoms with E-state index >= 15 is 0 Å². The van der Waals surface area contributed by atoms with Crippen LogP contribution in [0.25, 0.3) is 28.2 Å². The molecule has 1 fully saturated rings. The monoisotopic (exact) mass is 318 g/mol. The molecule has 6 nitrogen and oxygen atoms in total. The van der Waals surface area contributed by atoms with Crippen molar-refractivity contribution in [2.75, 3.05) is 0 Å². The number of H-pyrrole nitrogens is 1. The van der Waals surface area contributed by atoms with Gasteiger partial charge in [-0.15, -0.1) is 0 Å². The van der Waals surface area contributed by atoms with Crippen LogP contribution < -0.4 is 0 Å². The fourth-order valence-electron chi connectivity index (χ4n) is 3.23. The Labute approximate surface area is 139 Å². The van der Waals surface area contributed by atoms with Crippen LogP contribution in [-0.2, 0) is 0 Å². The molecule has 0 radical (unpaired) electrons. The molecule has 1 aliphatic rings. The van der Waals surface area contributed by atoms with Crippen molar-refractivity contribution in [2.24, 2.45) is 5.92 Å². The van der Waals surface area contributed by atoms with Gasteiger partial charge in [-0.2, -0.15) is 5.10 Å². The zero-order valence-corrected chi connectivity index (χ0v) is 13.4. The number of nitrogens with one attached hydrogen (secondary N) is 1. The SMILES string of the molecule is CC(C1CC1)n1ncc2[nH]c(-c3ccc(-n4ccnc4)cc3)nc21. The van der Waals surface area contributed by atoms with Crippen LogP contribution >= 0.6 is 0 Å². The highest BCUT2D eigenvalue weighted by molar-refractivity contribution is 5.76. The zero-order chi connectivity index (χ0) is 16.1. The van der Waals surface area contributed by atoms with Gasteiger partial charge in [-0.3, -0.25) is 0 Å². The maximum Gasteiger partial charge on any atom is 0.177 e. The van der Waals surface area contributed by atoms with Crippen LogP contribution in [0.5, 0.6) is 0 Å². The highest BCUT2D eigenvalue weighted by Crippen LogP contribution is 2.40. The number of fused-ring (bicyclic) bond motifs is 1. The molecule has 3 heterocycles. The molecule has 1 unspecified atom stereocenters. The molecule has 0 bridgehead atoms. The van der Waals surface area contributed by atoms with Gasteiger partial charge in [0.05, 0.1) is 18.6 Å². The van der Waals surface area contributed by atoms with Crippen LogP contribution in [0.3, 0.4) is 0 Å². The average molecular weight is 318 g/mol. The number of hydrogen-bond donors (Lipinski definition) is 1. The lowest BCUT2D eigenvalue weighted by Crippen LogP contribution is -2.08. The van der Waals surface area contributed by atoms with E-state index in [0.29, 0.717) is 6.04 Å². The number of imidazole rings is 2. The molecule has 1 aromatic carbocycles. The lowest BCUT2D eigenvalue weighted by molar-refractivity contribution is 0.451. The van der Waals surface area contributed by atoms with Crippen LogP contribution in [0.1, 0.15) is 25.8 Å². The van der Waals surface area contributed by atoms with Crippen LogP contribution in [0.2, 0.25) is 0 Å². The summed E-state index contributed by atoms with van der Waals surface area (Å²) in [5.41, 5.74) is 4.10. The summed E-state index contributed by atoms with van der Waals surface area (Å²) >= 11 is 0. The first kappa shape index (κ1) is 13.5. The van der Waals surface area contributed by atoms with Crippen LogP contribution in [0, 0.1) is 5.92 Å². The maximum atomic E-state index is 4.79. The summed E-state index contributed by atoms with van der Waals surface area (Å²) in [7, 11) is 0. The lowest BCUT2D eigenvalue weighted by atomic mass is 10.2. The van der Waals surface area contributed by atoms with Crippen molar-refractivity contribution >= 4 is 11.2 Å². The second-order valence-electron chi connectivity index (χ2n) is 6.51. The van der Waals surface area contributed by atoms with Crippen molar-refractivity contribution in [3.63, 3.8) is 0 Å². The third-order valence-electron chi connectivity index (χ3n) is 4.87. The molecule has 24 heavy (non-hydrogen) atoms. The number of aromatic amines is 1. The lowest BCUT2D eigenvalue weighted by Gasteiger charge is -2.10. The summed E-state index contributed by atoms with van der Waals surface area (Å²) in [6.45, 7) is 2.23. The van der Waals surface area contributed by atoms with Crippen LogP contribution in [0.15, 0.2) is 49.2 Å². The minimum atomic E-state index is 0.419. The van der Waals surface area contributed by atoms with Gasteiger partial charge >= 0.3 is 0 Å². The molecule has 1 N–H and O–H groups in total. The standard InChI is InChI=1S/C18H18N6/c1-12(13-2-3-13)24-18-16(10-20-24)21-17(22-18)14-4-6-15(7-5-14)23-9-8-19-11-23/h4-13H,2-3H2,1H3,(H,21,22). The molecule has 5 rings (SSSR count). The summed E-state index contributed by atoms with van der Waals surface area (Å²) in [4.78, 5) is 12.3. The third kappa shape index (κ3) is 2.14. The fraction of sp³-hybridized carbons (Fsp3) is 0.278. The number of nitrogens with zero attached hydrogens (tertiary/aromatic N) is 5. The van der Waals surface area contributed by atoms with Gasteiger partial charge in [0.1, 0.15) is 11.3 Å². The first-order chi connectivity index (χ1) is 11.8. The van der Waals surface area contributed by atoms with E-state index in [4.69, 9.17) is 4.98 Å². The maximum absolute atomic E-state index is 4.79. The van der Waals surface area contributed by atoms with Crippen molar-refractivity contribution in [3.8, 4) is 17.1 Å². The van der Waals surface area contributed by atoms with Crippen molar-refractivity contribution in [1.29, 1.82) is 0 Å². The topological polar surface area (TPSA) is 64.3 Å². The van der Waals surface area contributed by atoms with Gasteiger partial charge < -0.3 is 9.55 Å². The molecule has 0 saturated heterocycles. The molecule has 120 valence electrons. The van der Waals surface area contributed by atoms with Crippen LogP contribution in [0.4, 0.5) is 0 Å². The summed E-state index contributed by atoms with van der Waals surface area (Å²) in [5.74, 6) is 1.64. The highest BCUT2D eigenvalue weighted by atomic mass is 15.3. The van der Waals surface area contributed by atoms with E-state index in [0.717, 1.165) is 34.2 Å². The molecule has 0 aliphatic heterocycles. The van der Waals surface area contributed by atoms with E-state index in [-0.39, 0.29) is 0 Å². The van der Waals surface area contributed by atoms with Gasteiger partial charge in [0.15, 0.2) is 5.65 Å². The van der Waals surface area contributed by atoms with E-state index in [1.165, 1.54) is 12.8 Å². The summed E-state index contributed by atoms with van der Waals surface area (Å²) in [5, 5.41) is 4.51. The Morgan fingerprint density at radius 2 is 2.04 bits per heavy atom. The van der Waals surface area contributed by atoms with Gasteiger partial charge in [0, 0.05) is 23.6 Å². The quantitative estimate of drug-likeness (QED) is 0.625. The Hall–Kier alpha value is -2.89. The molecular weight excluding hydrogens is 300 g/mol. The summed E-state index contributed by atoms with van der Waals surface area (Å²) < 4.78 is 4.05. The summed E-state index contributed by atoms with van der Waals surface area (Å²) in [6, 6.07) is 8.72. The molecule has 1 saturated carbocycles. The van der Waals surface area contributed by atoms with Gasteiger partial charge in [-0.25, -0.2) is 14.6 Å². The minimum Gasteiger partial charge on any atom is -0.335 e. The number of benzene rings is 1. The third-order valence-corrected chi connectivity index (χ3v) is 4.87.